The maximum absolute atomic E-state index is 5.29. The highest BCUT2D eigenvalue weighted by atomic mass is 15.4. The summed E-state index contributed by atoms with van der Waals surface area (Å²) < 4.78 is 2.32. The van der Waals surface area contributed by atoms with Crippen molar-refractivity contribution in [3.8, 4) is 11.1 Å². The number of hydrogen-bond donors (Lipinski definition) is 2. The first kappa shape index (κ1) is 23.2. The summed E-state index contributed by atoms with van der Waals surface area (Å²) in [5.74, 6) is 0.846. The maximum Gasteiger partial charge on any atom is 0.206 e. The lowest BCUT2D eigenvalue weighted by molar-refractivity contribution is 0.403. The third-order valence-electron chi connectivity index (χ3n) is 8.69. The van der Waals surface area contributed by atoms with Gasteiger partial charge in [0.05, 0.1) is 11.0 Å². The highest BCUT2D eigenvalue weighted by Gasteiger charge is 2.37. The Labute approximate surface area is 234 Å². The lowest BCUT2D eigenvalue weighted by atomic mass is 9.82. The molecule has 194 valence electrons. The van der Waals surface area contributed by atoms with Gasteiger partial charge in [-0.1, -0.05) is 123 Å². The van der Waals surface area contributed by atoms with Crippen molar-refractivity contribution < 1.29 is 0 Å². The van der Waals surface area contributed by atoms with Gasteiger partial charge in [-0.3, -0.25) is 9.88 Å². The van der Waals surface area contributed by atoms with Crippen molar-refractivity contribution in [2.45, 2.75) is 31.6 Å². The lowest BCUT2D eigenvalue weighted by Gasteiger charge is -2.32. The summed E-state index contributed by atoms with van der Waals surface area (Å²) in [6.45, 7) is 4.69. The Bertz CT molecular complexity index is 1930. The molecule has 0 amide bonds. The second-order valence-electron chi connectivity index (χ2n) is 11.3. The normalized spacial score (nSPS) is 19.2. The number of hydrogen-bond acceptors (Lipinski definition) is 3. The zero-order chi connectivity index (χ0) is 26.8. The predicted octanol–water partition coefficient (Wildman–Crippen LogP) is 7.90. The molecule has 0 fully saturated rings. The molecule has 8 rings (SSSR count). The Morgan fingerprint density at radius 3 is 2.12 bits per heavy atom. The number of nitrogens with zero attached hydrogens (tertiary/aromatic N) is 2. The minimum Gasteiger partial charge on any atom is -0.336 e. The molecule has 0 saturated carbocycles. The molecule has 4 nitrogen and oxygen atoms in total. The molecular formula is C36H30N4. The zero-order valence-corrected chi connectivity index (χ0v) is 22.6. The van der Waals surface area contributed by atoms with Crippen molar-refractivity contribution in [3.05, 3.63) is 144 Å². The van der Waals surface area contributed by atoms with E-state index in [9.17, 15) is 0 Å². The van der Waals surface area contributed by atoms with E-state index in [1.165, 1.54) is 44.1 Å². The van der Waals surface area contributed by atoms with E-state index in [1.807, 2.05) is 0 Å². The quantitative estimate of drug-likeness (QED) is 0.245. The summed E-state index contributed by atoms with van der Waals surface area (Å²) in [6, 6.07) is 43.3. The standard InChI is InChI=1S/C36H30N4/c1-36(2)27-19-11-9-17-25(27)31-28(36)21-22-30-32(31)26-18-10-12-20-29(26)40(30)35-38-33(23-13-5-3-6-14-23)37-34(39-35)24-15-7-4-8-16-24/h3-22,33-34,37H,1-2H3,(H,38,39). The summed E-state index contributed by atoms with van der Waals surface area (Å²) in [7, 11) is 0. The molecule has 0 bridgehead atoms. The van der Waals surface area contributed by atoms with Crippen LogP contribution >= 0.6 is 0 Å². The molecule has 5 aromatic carbocycles. The van der Waals surface area contributed by atoms with Crippen LogP contribution in [0.4, 0.5) is 0 Å². The fraction of sp³-hybridized carbons (Fsp3) is 0.139. The van der Waals surface area contributed by atoms with Crippen molar-refractivity contribution in [2.75, 3.05) is 0 Å². The van der Waals surface area contributed by atoms with E-state index in [0.717, 1.165) is 17.0 Å². The molecule has 1 aliphatic carbocycles. The highest BCUT2D eigenvalue weighted by Crippen LogP contribution is 2.52. The minimum atomic E-state index is -0.187. The molecule has 2 unspecified atom stereocenters. The van der Waals surface area contributed by atoms with E-state index < -0.39 is 0 Å². The SMILES string of the molecule is CC1(C)c2ccccc2-c2c1ccc1c2c2ccccc2n1C1=NC(c2ccccc2)NC(c2ccccc2)N1. The van der Waals surface area contributed by atoms with Crippen LogP contribution < -0.4 is 10.6 Å². The van der Waals surface area contributed by atoms with E-state index in [4.69, 9.17) is 4.99 Å². The van der Waals surface area contributed by atoms with Crippen LogP contribution in [0.25, 0.3) is 32.9 Å². The molecule has 2 heterocycles. The molecule has 6 aromatic rings. The fourth-order valence-corrected chi connectivity index (χ4v) is 6.76. The van der Waals surface area contributed by atoms with Crippen molar-refractivity contribution in [1.82, 2.24) is 15.2 Å². The molecule has 2 N–H and O–H groups in total. The summed E-state index contributed by atoms with van der Waals surface area (Å²) in [5, 5.41) is 10.0. The van der Waals surface area contributed by atoms with Gasteiger partial charge in [-0.15, -0.1) is 0 Å². The molecule has 1 aliphatic heterocycles. The smallest absolute Gasteiger partial charge is 0.206 e. The van der Waals surface area contributed by atoms with Crippen molar-refractivity contribution in [3.63, 3.8) is 0 Å². The Balaban J connectivity index is 1.40. The van der Waals surface area contributed by atoms with Crippen LogP contribution in [0.5, 0.6) is 0 Å². The molecule has 2 aliphatic rings. The van der Waals surface area contributed by atoms with Gasteiger partial charge in [-0.25, -0.2) is 4.99 Å². The summed E-state index contributed by atoms with van der Waals surface area (Å²) >= 11 is 0. The number of fused-ring (bicyclic) bond motifs is 7. The molecule has 2 atom stereocenters. The average Bonchev–Trinajstić information content (AvgIpc) is 3.47. The number of nitrogens with one attached hydrogen (secondary N) is 2. The van der Waals surface area contributed by atoms with Gasteiger partial charge in [0.25, 0.3) is 0 Å². The highest BCUT2D eigenvalue weighted by molar-refractivity contribution is 6.20. The van der Waals surface area contributed by atoms with E-state index in [-0.39, 0.29) is 17.7 Å². The number of para-hydroxylation sites is 1. The minimum absolute atomic E-state index is 0.0509. The topological polar surface area (TPSA) is 41.4 Å². The van der Waals surface area contributed by atoms with Gasteiger partial charge < -0.3 is 5.32 Å². The molecule has 0 radical (unpaired) electrons. The number of benzene rings is 5. The van der Waals surface area contributed by atoms with Crippen molar-refractivity contribution in [1.29, 1.82) is 0 Å². The monoisotopic (exact) mass is 518 g/mol. The van der Waals surface area contributed by atoms with Gasteiger partial charge >= 0.3 is 0 Å². The van der Waals surface area contributed by atoms with Crippen LogP contribution in [0.15, 0.2) is 126 Å². The Morgan fingerprint density at radius 1 is 0.650 bits per heavy atom. The van der Waals surface area contributed by atoms with Crippen molar-refractivity contribution >= 4 is 27.8 Å². The van der Waals surface area contributed by atoms with Gasteiger partial charge in [-0.2, -0.15) is 0 Å². The number of rotatable bonds is 2. The Morgan fingerprint density at radius 2 is 1.32 bits per heavy atom. The van der Waals surface area contributed by atoms with Crippen LogP contribution in [-0.2, 0) is 5.41 Å². The first-order valence-corrected chi connectivity index (χ1v) is 14.0. The summed E-state index contributed by atoms with van der Waals surface area (Å²) in [5.41, 5.74) is 10.0. The van der Waals surface area contributed by atoms with Crippen LogP contribution in [0.3, 0.4) is 0 Å². The number of aromatic nitrogens is 1. The second kappa shape index (κ2) is 8.67. The zero-order valence-electron chi connectivity index (χ0n) is 22.6. The van der Waals surface area contributed by atoms with E-state index in [0.29, 0.717) is 0 Å². The molecular weight excluding hydrogens is 488 g/mol. The molecule has 1 aromatic heterocycles. The van der Waals surface area contributed by atoms with E-state index in [1.54, 1.807) is 0 Å². The third-order valence-corrected chi connectivity index (χ3v) is 8.69. The second-order valence-corrected chi connectivity index (χ2v) is 11.3. The Hall–Kier alpha value is -4.67. The van der Waals surface area contributed by atoms with Crippen LogP contribution in [0.1, 0.15) is 48.4 Å². The molecule has 0 saturated heterocycles. The first-order valence-electron chi connectivity index (χ1n) is 14.0. The lowest BCUT2D eigenvalue weighted by Crippen LogP contribution is -2.47. The van der Waals surface area contributed by atoms with Gasteiger partial charge in [-0.05, 0) is 45.5 Å². The van der Waals surface area contributed by atoms with Gasteiger partial charge in [0, 0.05) is 16.2 Å². The van der Waals surface area contributed by atoms with E-state index in [2.05, 4.69) is 150 Å². The van der Waals surface area contributed by atoms with Gasteiger partial charge in [0.1, 0.15) is 12.3 Å². The molecule has 0 spiro atoms. The third kappa shape index (κ3) is 3.33. The predicted molar refractivity (Wildman–Crippen MR) is 164 cm³/mol. The van der Waals surface area contributed by atoms with Crippen LogP contribution in [0, 0.1) is 0 Å². The maximum atomic E-state index is 5.29. The average molecular weight is 519 g/mol. The largest absolute Gasteiger partial charge is 0.336 e. The summed E-state index contributed by atoms with van der Waals surface area (Å²) in [4.78, 5) is 5.29. The summed E-state index contributed by atoms with van der Waals surface area (Å²) in [6.07, 6.45) is -0.280. The van der Waals surface area contributed by atoms with E-state index >= 15 is 0 Å². The van der Waals surface area contributed by atoms with Crippen LogP contribution in [0.2, 0.25) is 0 Å². The number of aliphatic imine (C=N–C) groups is 1. The first-order chi connectivity index (χ1) is 19.6. The Kier molecular flexibility index (Phi) is 5.04. The van der Waals surface area contributed by atoms with Crippen LogP contribution in [-0.4, -0.2) is 10.5 Å². The van der Waals surface area contributed by atoms with Crippen molar-refractivity contribution in [2.24, 2.45) is 4.99 Å². The van der Waals surface area contributed by atoms with Gasteiger partial charge in [0.15, 0.2) is 0 Å². The fourth-order valence-electron chi connectivity index (χ4n) is 6.76. The molecule has 4 heteroatoms. The van der Waals surface area contributed by atoms with Gasteiger partial charge in [0.2, 0.25) is 5.96 Å². The molecule has 40 heavy (non-hydrogen) atoms.